The number of fused-ring (bicyclic) bond motifs is 1. The second-order valence-corrected chi connectivity index (χ2v) is 7.95. The molecule has 0 saturated carbocycles. The maximum atomic E-state index is 11.5. The first kappa shape index (κ1) is 12.0. The summed E-state index contributed by atoms with van der Waals surface area (Å²) in [6, 6.07) is 3.56. The van der Waals surface area contributed by atoms with Crippen molar-refractivity contribution in [2.24, 2.45) is 0 Å². The normalized spacial score (nSPS) is 21.7. The number of hydrogen-bond acceptors (Lipinski definition) is 7. The zero-order valence-corrected chi connectivity index (χ0v) is 11.9. The van der Waals surface area contributed by atoms with Crippen LogP contribution in [0.25, 0.3) is 16.5 Å². The van der Waals surface area contributed by atoms with Crippen molar-refractivity contribution in [1.82, 2.24) is 19.8 Å². The van der Waals surface area contributed by atoms with Gasteiger partial charge < -0.3 is 4.42 Å². The second-order valence-electron chi connectivity index (χ2n) is 4.74. The lowest BCUT2D eigenvalue weighted by Gasteiger charge is -2.00. The van der Waals surface area contributed by atoms with Crippen molar-refractivity contribution in [1.29, 1.82) is 0 Å². The Kier molecular flexibility index (Phi) is 2.48. The molecule has 1 fully saturated rings. The summed E-state index contributed by atoms with van der Waals surface area (Å²) in [7, 11) is -2.91. The largest absolute Gasteiger partial charge is 0.461 e. The molecule has 4 rings (SSSR count). The number of rotatable bonds is 2. The topological polar surface area (TPSA) is 90.4 Å². The highest BCUT2D eigenvalue weighted by Gasteiger charge is 2.32. The lowest BCUT2D eigenvalue weighted by Crippen LogP contribution is -2.04. The summed E-state index contributed by atoms with van der Waals surface area (Å²) in [6.07, 6.45) is 2.19. The van der Waals surface area contributed by atoms with E-state index in [-0.39, 0.29) is 17.4 Å². The van der Waals surface area contributed by atoms with Crippen molar-refractivity contribution in [2.75, 3.05) is 11.5 Å². The zero-order chi connectivity index (χ0) is 13.7. The molecule has 0 amide bonds. The molecule has 3 aromatic heterocycles. The predicted molar refractivity (Wildman–Crippen MR) is 72.4 cm³/mol. The summed E-state index contributed by atoms with van der Waals surface area (Å²) in [5.74, 6) is 1.51. The van der Waals surface area contributed by atoms with Gasteiger partial charge in [-0.3, -0.25) is 0 Å². The molecule has 104 valence electrons. The van der Waals surface area contributed by atoms with E-state index in [1.807, 2.05) is 0 Å². The molecule has 1 saturated heterocycles. The van der Waals surface area contributed by atoms with Crippen molar-refractivity contribution in [3.8, 4) is 11.6 Å². The lowest BCUT2D eigenvalue weighted by molar-refractivity contribution is 0.574. The van der Waals surface area contributed by atoms with Crippen molar-refractivity contribution in [3.63, 3.8) is 0 Å². The molecular weight excluding hydrogens is 300 g/mol. The highest BCUT2D eigenvalue weighted by molar-refractivity contribution is 7.91. The molecule has 1 aliphatic rings. The van der Waals surface area contributed by atoms with Crippen LogP contribution in [0.3, 0.4) is 0 Å². The van der Waals surface area contributed by atoms with E-state index in [1.165, 1.54) is 11.3 Å². The van der Waals surface area contributed by atoms with E-state index in [2.05, 4.69) is 15.3 Å². The van der Waals surface area contributed by atoms with Crippen LogP contribution >= 0.6 is 11.3 Å². The molecule has 0 radical (unpaired) electrons. The first-order valence-corrected chi connectivity index (χ1v) is 8.73. The monoisotopic (exact) mass is 310 g/mol. The third kappa shape index (κ3) is 1.85. The molecule has 0 N–H and O–H groups in total. The van der Waals surface area contributed by atoms with Crippen molar-refractivity contribution in [3.05, 3.63) is 23.4 Å². The minimum absolute atomic E-state index is 0.0313. The fourth-order valence-electron chi connectivity index (χ4n) is 2.35. The molecule has 0 aromatic carbocycles. The van der Waals surface area contributed by atoms with Gasteiger partial charge in [-0.05, 0) is 18.6 Å². The molecule has 0 unspecified atom stereocenters. The van der Waals surface area contributed by atoms with Gasteiger partial charge in [0.1, 0.15) is 5.01 Å². The molecule has 20 heavy (non-hydrogen) atoms. The van der Waals surface area contributed by atoms with Gasteiger partial charge in [-0.25, -0.2) is 8.42 Å². The SMILES string of the molecule is O=S1(=O)CC[C@H](c2nn3c(-c4ccco4)nnc3s2)C1. The smallest absolute Gasteiger partial charge is 0.235 e. The van der Waals surface area contributed by atoms with Crippen LogP contribution in [0.15, 0.2) is 22.8 Å². The first-order valence-electron chi connectivity index (χ1n) is 6.09. The quantitative estimate of drug-likeness (QED) is 0.709. The van der Waals surface area contributed by atoms with E-state index >= 15 is 0 Å². The number of aromatic nitrogens is 4. The van der Waals surface area contributed by atoms with E-state index < -0.39 is 9.84 Å². The van der Waals surface area contributed by atoms with Gasteiger partial charge in [0.25, 0.3) is 0 Å². The number of furan rings is 1. The lowest BCUT2D eigenvalue weighted by atomic mass is 10.1. The Labute approximate surface area is 118 Å². The summed E-state index contributed by atoms with van der Waals surface area (Å²) in [5.41, 5.74) is 0. The summed E-state index contributed by atoms with van der Waals surface area (Å²) in [6.45, 7) is 0. The Balaban J connectivity index is 1.77. The van der Waals surface area contributed by atoms with Crippen LogP contribution in [-0.2, 0) is 9.84 Å². The fourth-order valence-corrected chi connectivity index (χ4v) is 5.17. The van der Waals surface area contributed by atoms with Crippen LogP contribution in [0.5, 0.6) is 0 Å². The van der Waals surface area contributed by atoms with Gasteiger partial charge in [-0.1, -0.05) is 11.3 Å². The van der Waals surface area contributed by atoms with Gasteiger partial charge in [0.2, 0.25) is 10.8 Å². The highest BCUT2D eigenvalue weighted by atomic mass is 32.2. The summed E-state index contributed by atoms with van der Waals surface area (Å²) < 4.78 is 30.0. The molecule has 1 aliphatic heterocycles. The number of sulfone groups is 1. The number of hydrogen-bond donors (Lipinski definition) is 0. The first-order chi connectivity index (χ1) is 9.62. The highest BCUT2D eigenvalue weighted by Crippen LogP contribution is 2.32. The van der Waals surface area contributed by atoms with Crippen LogP contribution in [-0.4, -0.2) is 39.7 Å². The van der Waals surface area contributed by atoms with Crippen LogP contribution < -0.4 is 0 Å². The van der Waals surface area contributed by atoms with Gasteiger partial charge in [0.15, 0.2) is 15.6 Å². The molecular formula is C11H10N4O3S2. The summed E-state index contributed by atoms with van der Waals surface area (Å²) in [5, 5.41) is 13.4. The standard InChI is InChI=1S/C11H10N4O3S2/c16-20(17)5-3-7(6-20)10-14-15-9(8-2-1-4-18-8)12-13-11(15)19-10/h1-2,4,7H,3,5-6H2/t7-/m0/s1. The fraction of sp³-hybridized carbons (Fsp3) is 0.364. The molecule has 4 heterocycles. The van der Waals surface area contributed by atoms with Gasteiger partial charge in [0, 0.05) is 5.92 Å². The van der Waals surface area contributed by atoms with Crippen LogP contribution in [0.1, 0.15) is 17.3 Å². The van der Waals surface area contributed by atoms with Gasteiger partial charge in [0.05, 0.1) is 17.8 Å². The third-order valence-electron chi connectivity index (χ3n) is 3.33. The Hall–Kier alpha value is -1.74. The van der Waals surface area contributed by atoms with E-state index in [9.17, 15) is 8.42 Å². The minimum Gasteiger partial charge on any atom is -0.461 e. The van der Waals surface area contributed by atoms with E-state index in [0.29, 0.717) is 23.0 Å². The molecule has 3 aromatic rings. The summed E-state index contributed by atoms with van der Waals surface area (Å²) in [4.78, 5) is 0.649. The Morgan fingerprint density at radius 3 is 3.00 bits per heavy atom. The van der Waals surface area contributed by atoms with E-state index in [1.54, 1.807) is 22.9 Å². The van der Waals surface area contributed by atoms with Gasteiger partial charge in [-0.15, -0.1) is 10.2 Å². The van der Waals surface area contributed by atoms with Gasteiger partial charge in [-0.2, -0.15) is 9.61 Å². The Morgan fingerprint density at radius 2 is 2.30 bits per heavy atom. The average Bonchev–Trinajstić information content (AvgIpc) is 3.08. The van der Waals surface area contributed by atoms with Crippen LogP contribution in [0.2, 0.25) is 0 Å². The summed E-state index contributed by atoms with van der Waals surface area (Å²) >= 11 is 1.39. The van der Waals surface area contributed by atoms with Crippen molar-refractivity contribution < 1.29 is 12.8 Å². The van der Waals surface area contributed by atoms with Crippen LogP contribution in [0.4, 0.5) is 0 Å². The predicted octanol–water partition coefficient (Wildman–Crippen LogP) is 1.35. The molecule has 0 aliphatic carbocycles. The van der Waals surface area contributed by atoms with Crippen LogP contribution in [0, 0.1) is 0 Å². The average molecular weight is 310 g/mol. The third-order valence-corrected chi connectivity index (χ3v) is 6.16. The maximum absolute atomic E-state index is 11.5. The molecule has 7 nitrogen and oxygen atoms in total. The van der Waals surface area contributed by atoms with Crippen molar-refractivity contribution >= 4 is 26.1 Å². The van der Waals surface area contributed by atoms with Gasteiger partial charge >= 0.3 is 0 Å². The Morgan fingerprint density at radius 1 is 1.40 bits per heavy atom. The maximum Gasteiger partial charge on any atom is 0.235 e. The molecule has 1 atom stereocenters. The molecule has 0 bridgehead atoms. The zero-order valence-electron chi connectivity index (χ0n) is 10.3. The van der Waals surface area contributed by atoms with E-state index in [0.717, 1.165) is 5.01 Å². The van der Waals surface area contributed by atoms with E-state index in [4.69, 9.17) is 4.42 Å². The van der Waals surface area contributed by atoms with Crippen molar-refractivity contribution in [2.45, 2.75) is 12.3 Å². The Bertz CT molecular complexity index is 863. The molecule has 9 heteroatoms. The molecule has 0 spiro atoms. The number of nitrogens with zero attached hydrogens (tertiary/aromatic N) is 4. The second kappa shape index (κ2) is 4.13. The minimum atomic E-state index is -2.91.